The molecular formula is C10H18N2O2. The average Bonchev–Trinajstić information content (AvgIpc) is 2.61. The molecule has 1 heterocycles. The molecule has 80 valence electrons. The third-order valence-electron chi connectivity index (χ3n) is 2.88. The van der Waals surface area contributed by atoms with E-state index in [9.17, 15) is 9.59 Å². The van der Waals surface area contributed by atoms with Crippen molar-refractivity contribution in [2.24, 2.45) is 11.7 Å². The zero-order valence-corrected chi connectivity index (χ0v) is 8.82. The first-order chi connectivity index (χ1) is 6.56. The minimum atomic E-state index is -0.453. The molecule has 4 nitrogen and oxygen atoms in total. The molecule has 1 aliphatic rings. The van der Waals surface area contributed by atoms with E-state index in [1.165, 1.54) is 0 Å². The summed E-state index contributed by atoms with van der Waals surface area (Å²) in [7, 11) is 0. The molecule has 1 amide bonds. The van der Waals surface area contributed by atoms with E-state index >= 15 is 0 Å². The van der Waals surface area contributed by atoms with Crippen molar-refractivity contribution in [2.45, 2.75) is 32.7 Å². The van der Waals surface area contributed by atoms with Gasteiger partial charge in [0.2, 0.25) is 5.91 Å². The molecule has 0 spiro atoms. The Bertz CT molecular complexity index is 240. The first-order valence-corrected chi connectivity index (χ1v) is 5.12. The van der Waals surface area contributed by atoms with Crippen LogP contribution in [0.2, 0.25) is 0 Å². The number of carbonyl (C=O) groups is 2. The fourth-order valence-corrected chi connectivity index (χ4v) is 1.53. The predicted molar refractivity (Wildman–Crippen MR) is 53.6 cm³/mol. The number of ketones is 1. The first kappa shape index (κ1) is 11.2. The Hall–Kier alpha value is -0.900. The van der Waals surface area contributed by atoms with E-state index in [-0.39, 0.29) is 24.2 Å². The third kappa shape index (κ3) is 2.32. The summed E-state index contributed by atoms with van der Waals surface area (Å²) in [5, 5.41) is 0. The van der Waals surface area contributed by atoms with Gasteiger partial charge in [0.25, 0.3) is 0 Å². The van der Waals surface area contributed by atoms with Crippen LogP contribution in [0.15, 0.2) is 0 Å². The summed E-state index contributed by atoms with van der Waals surface area (Å²) >= 11 is 0. The maximum atomic E-state index is 11.7. The molecule has 0 aliphatic carbocycles. The number of rotatable bonds is 3. The lowest BCUT2D eigenvalue weighted by atomic mass is 9.99. The van der Waals surface area contributed by atoms with E-state index in [1.54, 1.807) is 4.90 Å². The average molecular weight is 198 g/mol. The van der Waals surface area contributed by atoms with Crippen molar-refractivity contribution in [3.63, 3.8) is 0 Å². The van der Waals surface area contributed by atoms with E-state index in [0.717, 1.165) is 6.42 Å². The Morgan fingerprint density at radius 1 is 1.64 bits per heavy atom. The van der Waals surface area contributed by atoms with Gasteiger partial charge in [-0.2, -0.15) is 0 Å². The van der Waals surface area contributed by atoms with Gasteiger partial charge in [-0.1, -0.05) is 20.3 Å². The summed E-state index contributed by atoms with van der Waals surface area (Å²) in [6, 6.07) is -0.453. The van der Waals surface area contributed by atoms with Crippen LogP contribution in [0.5, 0.6) is 0 Å². The van der Waals surface area contributed by atoms with Crippen molar-refractivity contribution in [2.75, 3.05) is 13.1 Å². The molecule has 0 saturated carbocycles. The zero-order chi connectivity index (χ0) is 10.7. The molecule has 1 fully saturated rings. The molecule has 0 aromatic heterocycles. The third-order valence-corrected chi connectivity index (χ3v) is 2.88. The van der Waals surface area contributed by atoms with Crippen LogP contribution in [0, 0.1) is 5.92 Å². The highest BCUT2D eigenvalue weighted by molar-refractivity contribution is 5.91. The van der Waals surface area contributed by atoms with Crippen molar-refractivity contribution in [1.82, 2.24) is 4.90 Å². The quantitative estimate of drug-likeness (QED) is 0.702. The number of hydrogen-bond donors (Lipinski definition) is 1. The molecule has 2 N–H and O–H groups in total. The summed E-state index contributed by atoms with van der Waals surface area (Å²) in [6.45, 7) is 4.76. The zero-order valence-electron chi connectivity index (χ0n) is 8.82. The van der Waals surface area contributed by atoms with Crippen LogP contribution in [0.3, 0.4) is 0 Å². The van der Waals surface area contributed by atoms with Crippen molar-refractivity contribution in [3.8, 4) is 0 Å². The Morgan fingerprint density at radius 2 is 2.29 bits per heavy atom. The second kappa shape index (κ2) is 4.55. The SMILES string of the molecule is CC[C@H](C)[C@H](N)C(=O)N1CCC(=O)C1. The van der Waals surface area contributed by atoms with Gasteiger partial charge in [0, 0.05) is 13.0 Å². The van der Waals surface area contributed by atoms with E-state index in [0.29, 0.717) is 13.0 Å². The monoisotopic (exact) mass is 198 g/mol. The summed E-state index contributed by atoms with van der Waals surface area (Å²) in [6.07, 6.45) is 1.37. The van der Waals surface area contributed by atoms with Gasteiger partial charge in [-0.3, -0.25) is 9.59 Å². The van der Waals surface area contributed by atoms with Crippen LogP contribution in [-0.4, -0.2) is 35.7 Å². The first-order valence-electron chi connectivity index (χ1n) is 5.12. The largest absolute Gasteiger partial charge is 0.334 e. The minimum absolute atomic E-state index is 0.0785. The number of amides is 1. The number of Topliss-reactive ketones (excluding diaryl/α,β-unsaturated/α-hetero) is 1. The van der Waals surface area contributed by atoms with Gasteiger partial charge in [-0.15, -0.1) is 0 Å². The molecule has 0 unspecified atom stereocenters. The molecule has 1 rings (SSSR count). The standard InChI is InChI=1S/C10H18N2O2/c1-3-7(2)9(11)10(14)12-5-4-8(13)6-12/h7,9H,3-6,11H2,1-2H3/t7-,9-/m0/s1. The Labute approximate surface area is 84.4 Å². The van der Waals surface area contributed by atoms with E-state index in [1.807, 2.05) is 13.8 Å². The van der Waals surface area contributed by atoms with Gasteiger partial charge >= 0.3 is 0 Å². The molecule has 0 bridgehead atoms. The molecule has 4 heteroatoms. The molecule has 0 radical (unpaired) electrons. The van der Waals surface area contributed by atoms with Gasteiger partial charge in [0.1, 0.15) is 0 Å². The maximum Gasteiger partial charge on any atom is 0.240 e. The highest BCUT2D eigenvalue weighted by Gasteiger charge is 2.29. The van der Waals surface area contributed by atoms with Gasteiger partial charge in [0.15, 0.2) is 5.78 Å². The smallest absolute Gasteiger partial charge is 0.240 e. The van der Waals surface area contributed by atoms with E-state index in [4.69, 9.17) is 5.73 Å². The summed E-state index contributed by atoms with van der Waals surface area (Å²) in [5.41, 5.74) is 5.79. The normalized spacial score (nSPS) is 21.1. The van der Waals surface area contributed by atoms with Gasteiger partial charge in [0.05, 0.1) is 12.6 Å². The Morgan fingerprint density at radius 3 is 2.71 bits per heavy atom. The molecule has 0 aromatic rings. The summed E-state index contributed by atoms with van der Waals surface area (Å²) < 4.78 is 0. The number of hydrogen-bond acceptors (Lipinski definition) is 3. The van der Waals surface area contributed by atoms with Crippen LogP contribution in [-0.2, 0) is 9.59 Å². The predicted octanol–water partition coefficient (Wildman–Crippen LogP) is 0.161. The summed E-state index contributed by atoms with van der Waals surface area (Å²) in [4.78, 5) is 24.3. The highest BCUT2D eigenvalue weighted by atomic mass is 16.2. The number of nitrogens with zero attached hydrogens (tertiary/aromatic N) is 1. The Balaban J connectivity index is 2.52. The topological polar surface area (TPSA) is 63.4 Å². The highest BCUT2D eigenvalue weighted by Crippen LogP contribution is 2.12. The number of likely N-dealkylation sites (tertiary alicyclic amines) is 1. The van der Waals surface area contributed by atoms with Crippen LogP contribution in [0.4, 0.5) is 0 Å². The lowest BCUT2D eigenvalue weighted by Crippen LogP contribution is -2.46. The van der Waals surface area contributed by atoms with Crippen molar-refractivity contribution in [1.29, 1.82) is 0 Å². The Kier molecular flexibility index (Phi) is 3.63. The number of nitrogens with two attached hydrogens (primary N) is 1. The van der Waals surface area contributed by atoms with E-state index in [2.05, 4.69) is 0 Å². The fourth-order valence-electron chi connectivity index (χ4n) is 1.53. The maximum absolute atomic E-state index is 11.7. The second-order valence-corrected chi connectivity index (χ2v) is 3.96. The van der Waals surface area contributed by atoms with Crippen LogP contribution >= 0.6 is 0 Å². The second-order valence-electron chi connectivity index (χ2n) is 3.96. The van der Waals surface area contributed by atoms with Gasteiger partial charge in [-0.05, 0) is 5.92 Å². The lowest BCUT2D eigenvalue weighted by Gasteiger charge is -2.23. The number of carbonyl (C=O) groups excluding carboxylic acids is 2. The summed E-state index contributed by atoms with van der Waals surface area (Å²) in [5.74, 6) is 0.234. The molecule has 0 aromatic carbocycles. The van der Waals surface area contributed by atoms with Crippen molar-refractivity contribution < 1.29 is 9.59 Å². The molecule has 1 aliphatic heterocycles. The van der Waals surface area contributed by atoms with Crippen molar-refractivity contribution >= 4 is 11.7 Å². The van der Waals surface area contributed by atoms with Crippen LogP contribution in [0.25, 0.3) is 0 Å². The molecule has 14 heavy (non-hydrogen) atoms. The van der Waals surface area contributed by atoms with Crippen LogP contribution in [0.1, 0.15) is 26.7 Å². The molecule has 1 saturated heterocycles. The minimum Gasteiger partial charge on any atom is -0.334 e. The van der Waals surface area contributed by atoms with Crippen molar-refractivity contribution in [3.05, 3.63) is 0 Å². The van der Waals surface area contributed by atoms with E-state index < -0.39 is 6.04 Å². The molecule has 2 atom stereocenters. The lowest BCUT2D eigenvalue weighted by molar-refractivity contribution is -0.134. The fraction of sp³-hybridized carbons (Fsp3) is 0.800. The van der Waals surface area contributed by atoms with Crippen LogP contribution < -0.4 is 5.73 Å². The van der Waals surface area contributed by atoms with Gasteiger partial charge < -0.3 is 10.6 Å². The van der Waals surface area contributed by atoms with Gasteiger partial charge in [-0.25, -0.2) is 0 Å². The molecular weight excluding hydrogens is 180 g/mol.